The maximum Gasteiger partial charge on any atom is 0.0659 e. The van der Waals surface area contributed by atoms with Crippen molar-refractivity contribution in [3.05, 3.63) is 17.0 Å². The fraction of sp³-hybridized carbons (Fsp3) is 0.800. The molecule has 100 valence electrons. The van der Waals surface area contributed by atoms with Crippen LogP contribution in [-0.4, -0.2) is 27.3 Å². The van der Waals surface area contributed by atoms with Crippen molar-refractivity contribution in [2.24, 2.45) is 7.05 Å². The van der Waals surface area contributed by atoms with Crippen molar-refractivity contribution < 1.29 is 0 Å². The van der Waals surface area contributed by atoms with E-state index in [1.54, 1.807) is 5.56 Å². The molecule has 0 bridgehead atoms. The van der Waals surface area contributed by atoms with Gasteiger partial charge in [0.25, 0.3) is 0 Å². The Kier molecular flexibility index (Phi) is 3.42. The van der Waals surface area contributed by atoms with E-state index in [1.165, 1.54) is 62.9 Å². The summed E-state index contributed by atoms with van der Waals surface area (Å²) in [5.74, 6) is 0. The summed E-state index contributed by atoms with van der Waals surface area (Å²) in [6, 6.07) is 0.743. The average molecular weight is 247 g/mol. The largest absolute Gasteiger partial charge is 0.295 e. The van der Waals surface area contributed by atoms with Crippen LogP contribution in [0, 0.1) is 0 Å². The Morgan fingerprint density at radius 3 is 2.83 bits per heavy atom. The van der Waals surface area contributed by atoms with Crippen LogP contribution in [0.2, 0.25) is 0 Å². The second-order valence-corrected chi connectivity index (χ2v) is 6.02. The number of likely N-dealkylation sites (tertiary alicyclic amines) is 1. The quantitative estimate of drug-likeness (QED) is 0.801. The highest BCUT2D eigenvalue weighted by Gasteiger charge is 2.24. The van der Waals surface area contributed by atoms with Crippen LogP contribution in [-0.2, 0) is 26.4 Å². The molecular weight excluding hydrogens is 222 g/mol. The normalized spacial score (nSPS) is 25.1. The SMILES string of the molecule is CC1CCCCN1Cc1c2c(nn1C)CCCC2. The summed E-state index contributed by atoms with van der Waals surface area (Å²) in [6.45, 7) is 4.75. The number of hydrogen-bond donors (Lipinski definition) is 0. The lowest BCUT2D eigenvalue weighted by atomic mass is 9.95. The molecule has 3 rings (SSSR count). The molecule has 0 spiro atoms. The van der Waals surface area contributed by atoms with E-state index in [1.807, 2.05) is 0 Å². The monoisotopic (exact) mass is 247 g/mol. The van der Waals surface area contributed by atoms with E-state index in [4.69, 9.17) is 5.10 Å². The van der Waals surface area contributed by atoms with E-state index in [-0.39, 0.29) is 0 Å². The summed E-state index contributed by atoms with van der Waals surface area (Å²) in [5, 5.41) is 4.73. The van der Waals surface area contributed by atoms with Crippen molar-refractivity contribution in [2.45, 2.75) is 64.5 Å². The van der Waals surface area contributed by atoms with Crippen LogP contribution < -0.4 is 0 Å². The fourth-order valence-electron chi connectivity index (χ4n) is 3.53. The Hall–Kier alpha value is -0.830. The second-order valence-electron chi connectivity index (χ2n) is 6.02. The lowest BCUT2D eigenvalue weighted by Crippen LogP contribution is -2.37. The highest BCUT2D eigenvalue weighted by Crippen LogP contribution is 2.26. The van der Waals surface area contributed by atoms with Crippen LogP contribution >= 0.6 is 0 Å². The fourth-order valence-corrected chi connectivity index (χ4v) is 3.53. The van der Waals surface area contributed by atoms with Gasteiger partial charge in [-0.05, 0) is 57.6 Å². The summed E-state index contributed by atoms with van der Waals surface area (Å²) in [4.78, 5) is 2.65. The Morgan fingerprint density at radius 2 is 2.00 bits per heavy atom. The highest BCUT2D eigenvalue weighted by atomic mass is 15.3. The number of rotatable bonds is 2. The first-order valence-electron chi connectivity index (χ1n) is 7.53. The van der Waals surface area contributed by atoms with E-state index in [2.05, 4.69) is 23.6 Å². The van der Waals surface area contributed by atoms with Crippen LogP contribution in [0.1, 0.15) is 56.0 Å². The maximum absolute atomic E-state index is 4.73. The van der Waals surface area contributed by atoms with Gasteiger partial charge < -0.3 is 0 Å². The number of aryl methyl sites for hydroxylation is 2. The van der Waals surface area contributed by atoms with Crippen molar-refractivity contribution in [2.75, 3.05) is 6.54 Å². The Morgan fingerprint density at radius 1 is 1.17 bits per heavy atom. The molecule has 1 atom stereocenters. The predicted molar refractivity (Wildman–Crippen MR) is 73.6 cm³/mol. The summed E-state index contributed by atoms with van der Waals surface area (Å²) in [7, 11) is 2.13. The van der Waals surface area contributed by atoms with Crippen LogP contribution in [0.4, 0.5) is 0 Å². The second kappa shape index (κ2) is 5.04. The molecular formula is C15H25N3. The first-order chi connectivity index (χ1) is 8.75. The number of fused-ring (bicyclic) bond motifs is 1. The third-order valence-electron chi connectivity index (χ3n) is 4.74. The molecule has 3 nitrogen and oxygen atoms in total. The maximum atomic E-state index is 4.73. The predicted octanol–water partition coefficient (Wildman–Crippen LogP) is 2.67. The molecule has 2 aliphatic rings. The van der Waals surface area contributed by atoms with Crippen molar-refractivity contribution in [1.82, 2.24) is 14.7 Å². The molecule has 0 saturated carbocycles. The zero-order valence-electron chi connectivity index (χ0n) is 11.8. The molecule has 1 unspecified atom stereocenters. The first kappa shape index (κ1) is 12.2. The molecule has 1 aliphatic carbocycles. The van der Waals surface area contributed by atoms with Crippen molar-refractivity contribution in [3.63, 3.8) is 0 Å². The van der Waals surface area contributed by atoms with Gasteiger partial charge >= 0.3 is 0 Å². The molecule has 3 heteroatoms. The van der Waals surface area contributed by atoms with Gasteiger partial charge in [-0.25, -0.2) is 0 Å². The third kappa shape index (κ3) is 2.20. The van der Waals surface area contributed by atoms with Gasteiger partial charge in [0.05, 0.1) is 11.4 Å². The third-order valence-corrected chi connectivity index (χ3v) is 4.74. The minimum Gasteiger partial charge on any atom is -0.295 e. The lowest BCUT2D eigenvalue weighted by Gasteiger charge is -2.33. The summed E-state index contributed by atoms with van der Waals surface area (Å²) in [5.41, 5.74) is 4.43. The zero-order chi connectivity index (χ0) is 12.5. The molecule has 0 N–H and O–H groups in total. The van der Waals surface area contributed by atoms with E-state index in [0.29, 0.717) is 0 Å². The van der Waals surface area contributed by atoms with Gasteiger partial charge in [-0.2, -0.15) is 5.10 Å². The minimum absolute atomic E-state index is 0.743. The lowest BCUT2D eigenvalue weighted by molar-refractivity contribution is 0.148. The van der Waals surface area contributed by atoms with Crippen molar-refractivity contribution in [3.8, 4) is 0 Å². The number of piperidine rings is 1. The van der Waals surface area contributed by atoms with E-state index in [0.717, 1.165) is 12.6 Å². The molecule has 0 aromatic carbocycles. The van der Waals surface area contributed by atoms with Crippen LogP contribution in [0.5, 0.6) is 0 Å². The van der Waals surface area contributed by atoms with Gasteiger partial charge in [0.15, 0.2) is 0 Å². The molecule has 1 fully saturated rings. The Balaban J connectivity index is 1.81. The summed E-state index contributed by atoms with van der Waals surface area (Å²) in [6.07, 6.45) is 9.25. The molecule has 1 aromatic rings. The topological polar surface area (TPSA) is 21.1 Å². The first-order valence-corrected chi connectivity index (χ1v) is 7.53. The highest BCUT2D eigenvalue weighted by molar-refractivity contribution is 5.28. The summed E-state index contributed by atoms with van der Waals surface area (Å²) < 4.78 is 2.15. The Bertz CT molecular complexity index is 422. The van der Waals surface area contributed by atoms with Crippen LogP contribution in [0.25, 0.3) is 0 Å². The van der Waals surface area contributed by atoms with E-state index >= 15 is 0 Å². The molecule has 2 heterocycles. The Labute approximate surface area is 110 Å². The smallest absolute Gasteiger partial charge is 0.0659 e. The number of nitrogens with zero attached hydrogens (tertiary/aromatic N) is 3. The average Bonchev–Trinajstić information content (AvgIpc) is 2.69. The van der Waals surface area contributed by atoms with Crippen LogP contribution in [0.3, 0.4) is 0 Å². The van der Waals surface area contributed by atoms with Gasteiger partial charge in [-0.3, -0.25) is 9.58 Å². The molecule has 1 aromatic heterocycles. The van der Waals surface area contributed by atoms with E-state index < -0.39 is 0 Å². The molecule has 1 saturated heterocycles. The van der Waals surface area contributed by atoms with Crippen LogP contribution in [0.15, 0.2) is 0 Å². The van der Waals surface area contributed by atoms with Gasteiger partial charge in [0.1, 0.15) is 0 Å². The van der Waals surface area contributed by atoms with Gasteiger partial charge in [-0.15, -0.1) is 0 Å². The van der Waals surface area contributed by atoms with Gasteiger partial charge in [0, 0.05) is 19.6 Å². The zero-order valence-corrected chi connectivity index (χ0v) is 11.8. The van der Waals surface area contributed by atoms with E-state index in [9.17, 15) is 0 Å². The molecule has 0 amide bonds. The number of hydrogen-bond acceptors (Lipinski definition) is 2. The van der Waals surface area contributed by atoms with Crippen molar-refractivity contribution in [1.29, 1.82) is 0 Å². The van der Waals surface area contributed by atoms with Gasteiger partial charge in [0.2, 0.25) is 0 Å². The molecule has 18 heavy (non-hydrogen) atoms. The minimum atomic E-state index is 0.743. The van der Waals surface area contributed by atoms with Gasteiger partial charge in [-0.1, -0.05) is 6.42 Å². The standard InChI is InChI=1S/C15H25N3/c1-12-7-5-6-10-18(12)11-15-13-8-3-4-9-14(13)16-17(15)2/h12H,3-11H2,1-2H3. The molecule has 1 aliphatic heterocycles. The van der Waals surface area contributed by atoms with Crippen molar-refractivity contribution >= 4 is 0 Å². The number of aromatic nitrogens is 2. The molecule has 0 radical (unpaired) electrons. The summed E-state index contributed by atoms with van der Waals surface area (Å²) >= 11 is 0.